The summed E-state index contributed by atoms with van der Waals surface area (Å²) in [6, 6.07) is 13.1. The van der Waals surface area contributed by atoms with Crippen LogP contribution < -0.4 is 15.1 Å². The molecule has 0 saturated carbocycles. The lowest BCUT2D eigenvalue weighted by Crippen LogP contribution is -2.60. The summed E-state index contributed by atoms with van der Waals surface area (Å²) in [6.07, 6.45) is 1.11. The van der Waals surface area contributed by atoms with Crippen LogP contribution in [0.1, 0.15) is 18.7 Å². The fourth-order valence-electron chi connectivity index (χ4n) is 3.34. The number of rotatable bonds is 2. The number of aromatic nitrogens is 3. The van der Waals surface area contributed by atoms with E-state index in [1.165, 1.54) is 30.8 Å². The van der Waals surface area contributed by atoms with Crippen LogP contribution in [-0.4, -0.2) is 22.2 Å². The summed E-state index contributed by atoms with van der Waals surface area (Å²) in [5.74, 6) is -0.582. The van der Waals surface area contributed by atoms with Crippen molar-refractivity contribution in [3.63, 3.8) is 0 Å². The fourth-order valence-corrected chi connectivity index (χ4v) is 3.70. The molecule has 0 unspecified atom stereocenters. The van der Waals surface area contributed by atoms with E-state index in [-0.39, 0.29) is 17.3 Å². The van der Waals surface area contributed by atoms with E-state index >= 15 is 0 Å². The van der Waals surface area contributed by atoms with Gasteiger partial charge < -0.3 is 0 Å². The number of carbonyl (C=O) groups is 1. The highest BCUT2D eigenvalue weighted by atomic mass is 32.2. The summed E-state index contributed by atoms with van der Waals surface area (Å²) in [7, 11) is 0. The van der Waals surface area contributed by atoms with Crippen molar-refractivity contribution in [2.75, 3.05) is 11.2 Å². The summed E-state index contributed by atoms with van der Waals surface area (Å²) in [5, 5.41) is 4.97. The first-order valence-corrected chi connectivity index (χ1v) is 9.48. The van der Waals surface area contributed by atoms with Crippen molar-refractivity contribution >= 4 is 23.4 Å². The van der Waals surface area contributed by atoms with Crippen LogP contribution in [0.15, 0.2) is 58.5 Å². The van der Waals surface area contributed by atoms with Crippen LogP contribution in [0.3, 0.4) is 0 Å². The summed E-state index contributed by atoms with van der Waals surface area (Å²) < 4.78 is 15.0. The molecule has 4 rings (SSSR count). The van der Waals surface area contributed by atoms with Gasteiger partial charge in [0.1, 0.15) is 5.82 Å². The zero-order chi connectivity index (χ0) is 19.1. The van der Waals surface area contributed by atoms with Crippen LogP contribution in [0.2, 0.25) is 0 Å². The number of nitrogens with zero attached hydrogens (tertiary/aromatic N) is 3. The van der Waals surface area contributed by atoms with Crippen LogP contribution in [0.4, 0.5) is 10.1 Å². The normalized spacial score (nSPS) is 15.2. The molecule has 0 aliphatic carbocycles. The van der Waals surface area contributed by atoms with E-state index in [0.717, 1.165) is 0 Å². The average molecular weight is 383 g/mol. The van der Waals surface area contributed by atoms with Crippen LogP contribution in [0, 0.1) is 5.82 Å². The van der Waals surface area contributed by atoms with Gasteiger partial charge in [-0.25, -0.2) is 9.29 Å². The lowest BCUT2D eigenvalue weighted by Gasteiger charge is -2.31. The van der Waals surface area contributed by atoms with Gasteiger partial charge in [0.25, 0.3) is 6.17 Å². The molecule has 6 nitrogen and oxygen atoms in total. The maximum absolute atomic E-state index is 13.5. The first kappa shape index (κ1) is 17.4. The van der Waals surface area contributed by atoms with Gasteiger partial charge in [-0.3, -0.25) is 14.6 Å². The Bertz CT molecular complexity index is 1100. The minimum absolute atomic E-state index is 0.206. The highest BCUT2D eigenvalue weighted by Gasteiger charge is 2.44. The van der Waals surface area contributed by atoms with Crippen molar-refractivity contribution in [2.24, 2.45) is 0 Å². The molecule has 0 bridgehead atoms. The van der Waals surface area contributed by atoms with E-state index in [9.17, 15) is 14.0 Å². The second kappa shape index (κ2) is 6.62. The maximum Gasteiger partial charge on any atom is 0.325 e. The van der Waals surface area contributed by atoms with Crippen LogP contribution >= 0.6 is 11.8 Å². The number of benzene rings is 2. The number of carbonyl (C=O) groups excluding carboxylic acids is 1. The number of para-hydroxylation sites is 1. The van der Waals surface area contributed by atoms with Gasteiger partial charge in [0.05, 0.1) is 11.3 Å². The van der Waals surface area contributed by atoms with Gasteiger partial charge in [0, 0.05) is 17.6 Å². The van der Waals surface area contributed by atoms with Crippen LogP contribution in [-0.2, 0) is 4.79 Å². The number of fused-ring (bicyclic) bond motifs is 3. The Labute approximate surface area is 158 Å². The molecule has 136 valence electrons. The first-order valence-electron chi connectivity index (χ1n) is 8.26. The monoisotopic (exact) mass is 383 g/mol. The van der Waals surface area contributed by atoms with Crippen molar-refractivity contribution in [1.82, 2.24) is 10.1 Å². The maximum atomic E-state index is 13.5. The Kier molecular flexibility index (Phi) is 4.27. The van der Waals surface area contributed by atoms with Gasteiger partial charge in [0.15, 0.2) is 0 Å². The van der Waals surface area contributed by atoms with Crippen molar-refractivity contribution in [3.05, 3.63) is 70.3 Å². The number of aromatic amines is 1. The SMILES string of the molecule is CSc1n[n+]2c(c(=O)[nH]1)-c1ccccc1N(C(C)=O)[C@H]2c1ccc(F)cc1. The fraction of sp³-hybridized carbons (Fsp3) is 0.158. The van der Waals surface area contributed by atoms with Crippen molar-refractivity contribution in [1.29, 1.82) is 0 Å². The number of halogens is 1. The second-order valence-electron chi connectivity index (χ2n) is 6.09. The minimum Gasteiger partial charge on any atom is -0.291 e. The summed E-state index contributed by atoms with van der Waals surface area (Å²) in [5.41, 5.74) is 1.95. The molecular formula is C19H16FN4O2S+. The molecule has 1 atom stereocenters. The van der Waals surface area contributed by atoms with Crippen LogP contribution in [0.25, 0.3) is 11.3 Å². The van der Waals surface area contributed by atoms with E-state index in [0.29, 0.717) is 27.7 Å². The Morgan fingerprint density at radius 3 is 2.59 bits per heavy atom. The molecule has 0 radical (unpaired) electrons. The van der Waals surface area contributed by atoms with Gasteiger partial charge >= 0.3 is 11.3 Å². The summed E-state index contributed by atoms with van der Waals surface area (Å²) in [6.45, 7) is 1.46. The molecule has 1 aromatic heterocycles. The highest BCUT2D eigenvalue weighted by molar-refractivity contribution is 7.98. The molecule has 0 fully saturated rings. The highest BCUT2D eigenvalue weighted by Crippen LogP contribution is 2.37. The van der Waals surface area contributed by atoms with E-state index in [4.69, 9.17) is 0 Å². The van der Waals surface area contributed by atoms with Crippen molar-refractivity contribution in [2.45, 2.75) is 18.2 Å². The van der Waals surface area contributed by atoms with Gasteiger partial charge in [-0.2, -0.15) is 0 Å². The molecule has 1 N–H and O–H groups in total. The lowest BCUT2D eigenvalue weighted by atomic mass is 10.0. The van der Waals surface area contributed by atoms with Crippen molar-refractivity contribution < 1.29 is 13.9 Å². The minimum atomic E-state index is -0.693. The number of nitrogens with one attached hydrogen (secondary N) is 1. The zero-order valence-corrected chi connectivity index (χ0v) is 15.5. The standard InChI is InChI=1S/C19H15FN4O2S/c1-11(25)23-15-6-4-3-5-14(15)16-17(26)21-19(27-2)22-24(16)18(23)12-7-9-13(20)10-8-12/h3-10,18H,1-2H3/p+1/t18-/m1/s1. The molecule has 1 aliphatic rings. The van der Waals surface area contributed by atoms with E-state index < -0.39 is 6.17 Å². The third-order valence-corrected chi connectivity index (χ3v) is 5.03. The van der Waals surface area contributed by atoms with Crippen molar-refractivity contribution in [3.8, 4) is 11.3 Å². The van der Waals surface area contributed by atoms with E-state index in [1.807, 2.05) is 12.1 Å². The average Bonchev–Trinajstić information content (AvgIpc) is 2.67. The predicted molar refractivity (Wildman–Crippen MR) is 100.0 cm³/mol. The molecule has 3 aromatic rings. The topological polar surface area (TPSA) is 69.9 Å². The van der Waals surface area contributed by atoms with E-state index in [1.54, 1.807) is 40.1 Å². The van der Waals surface area contributed by atoms with Gasteiger partial charge in [-0.05, 0) is 47.3 Å². The largest absolute Gasteiger partial charge is 0.325 e. The Morgan fingerprint density at radius 1 is 1.22 bits per heavy atom. The van der Waals surface area contributed by atoms with Crippen LogP contribution in [0.5, 0.6) is 0 Å². The molecule has 8 heteroatoms. The molecule has 1 aliphatic heterocycles. The Morgan fingerprint density at radius 2 is 1.93 bits per heavy atom. The van der Waals surface area contributed by atoms with Gasteiger partial charge in [0.2, 0.25) is 11.1 Å². The number of hydrogen-bond donors (Lipinski definition) is 1. The number of amides is 1. The zero-order valence-electron chi connectivity index (χ0n) is 14.6. The molecule has 2 aromatic carbocycles. The number of hydrogen-bond acceptors (Lipinski definition) is 4. The number of H-pyrrole nitrogens is 1. The molecular weight excluding hydrogens is 367 g/mol. The third kappa shape index (κ3) is 2.82. The number of thioether (sulfide) groups is 1. The lowest BCUT2D eigenvalue weighted by molar-refractivity contribution is -0.763. The quantitative estimate of drug-likeness (QED) is 0.545. The molecule has 0 spiro atoms. The molecule has 0 saturated heterocycles. The summed E-state index contributed by atoms with van der Waals surface area (Å²) in [4.78, 5) is 29.7. The summed E-state index contributed by atoms with van der Waals surface area (Å²) >= 11 is 1.30. The first-order chi connectivity index (χ1) is 13.0. The predicted octanol–water partition coefficient (Wildman–Crippen LogP) is 2.50. The molecule has 27 heavy (non-hydrogen) atoms. The molecule has 2 heterocycles. The Hall–Kier alpha value is -3.00. The van der Waals surface area contributed by atoms with Gasteiger partial charge in [-0.1, -0.05) is 23.9 Å². The second-order valence-corrected chi connectivity index (χ2v) is 6.88. The third-order valence-electron chi connectivity index (χ3n) is 4.46. The number of anilines is 1. The molecule has 1 amide bonds. The smallest absolute Gasteiger partial charge is 0.291 e. The Balaban J connectivity index is 2.08. The van der Waals surface area contributed by atoms with Gasteiger partial charge in [-0.15, -0.1) is 0 Å². The van der Waals surface area contributed by atoms with E-state index in [2.05, 4.69) is 10.1 Å².